The van der Waals surface area contributed by atoms with E-state index in [0.717, 1.165) is 16.9 Å². The number of carbonyl (C=O) groups is 1. The summed E-state index contributed by atoms with van der Waals surface area (Å²) in [4.78, 5) is 15.6. The Hall–Kier alpha value is -3.59. The molecule has 1 amide bonds. The maximum Gasteiger partial charge on any atom is 0.274 e. The molecule has 3 aromatic rings. The van der Waals surface area contributed by atoms with Crippen molar-refractivity contribution in [1.82, 2.24) is 20.3 Å². The molecule has 0 aliphatic rings. The number of anilines is 1. The van der Waals surface area contributed by atoms with Gasteiger partial charge in [-0.1, -0.05) is 30.0 Å². The van der Waals surface area contributed by atoms with Crippen LogP contribution in [0.5, 0.6) is 0 Å². The van der Waals surface area contributed by atoms with Crippen LogP contribution in [0.1, 0.15) is 16.1 Å². The summed E-state index contributed by atoms with van der Waals surface area (Å²) >= 11 is 0. The van der Waals surface area contributed by atoms with Crippen LogP contribution in [-0.2, 0) is 0 Å². The molecule has 6 heteroatoms. The quantitative estimate of drug-likeness (QED) is 0.736. The average Bonchev–Trinajstić information content (AvgIpc) is 3.16. The summed E-state index contributed by atoms with van der Waals surface area (Å²) in [6.07, 6.45) is 1.44. The molecule has 0 unspecified atom stereocenters. The largest absolute Gasteiger partial charge is 0.378 e. The minimum Gasteiger partial charge on any atom is -0.378 e. The summed E-state index contributed by atoms with van der Waals surface area (Å²) in [5.41, 5.74) is 3.07. The summed E-state index contributed by atoms with van der Waals surface area (Å²) < 4.78 is 0. The van der Waals surface area contributed by atoms with E-state index in [-0.39, 0.29) is 18.1 Å². The maximum absolute atomic E-state index is 12.1. The van der Waals surface area contributed by atoms with Crippen molar-refractivity contribution >= 4 is 11.6 Å². The van der Waals surface area contributed by atoms with Crippen molar-refractivity contribution in [2.75, 3.05) is 25.5 Å². The Labute approximate surface area is 152 Å². The molecular formula is C20H19N5O. The van der Waals surface area contributed by atoms with Crippen LogP contribution in [0.25, 0.3) is 5.69 Å². The highest BCUT2D eigenvalue weighted by atomic mass is 16.2. The molecule has 0 saturated heterocycles. The van der Waals surface area contributed by atoms with Crippen LogP contribution in [0.4, 0.5) is 5.69 Å². The normalized spacial score (nSPS) is 9.92. The van der Waals surface area contributed by atoms with Gasteiger partial charge in [-0.25, -0.2) is 0 Å². The Bertz CT molecular complexity index is 934. The molecule has 0 spiro atoms. The Morgan fingerprint density at radius 3 is 2.54 bits per heavy atom. The van der Waals surface area contributed by atoms with Crippen molar-refractivity contribution in [1.29, 1.82) is 0 Å². The van der Waals surface area contributed by atoms with Crippen molar-refractivity contribution in [3.63, 3.8) is 0 Å². The third-order valence-electron chi connectivity index (χ3n) is 3.67. The van der Waals surface area contributed by atoms with E-state index in [4.69, 9.17) is 0 Å². The SMILES string of the molecule is CN(C)c1ccc(C#CCNC(=O)c2cnn(-c3ccccc3)n2)cc1. The first-order valence-electron chi connectivity index (χ1n) is 8.16. The predicted molar refractivity (Wildman–Crippen MR) is 101 cm³/mol. The molecule has 1 aromatic heterocycles. The van der Waals surface area contributed by atoms with Gasteiger partial charge in [-0.3, -0.25) is 4.79 Å². The van der Waals surface area contributed by atoms with Crippen molar-refractivity contribution in [2.45, 2.75) is 0 Å². The minimum absolute atomic E-state index is 0.243. The molecule has 0 aliphatic heterocycles. The molecule has 130 valence electrons. The van der Waals surface area contributed by atoms with Gasteiger partial charge in [0.15, 0.2) is 5.69 Å². The highest BCUT2D eigenvalue weighted by Gasteiger charge is 2.10. The van der Waals surface area contributed by atoms with Crippen LogP contribution in [0.3, 0.4) is 0 Å². The molecule has 0 aliphatic carbocycles. The van der Waals surface area contributed by atoms with Gasteiger partial charge in [-0.2, -0.15) is 9.90 Å². The molecule has 0 bridgehead atoms. The molecule has 0 saturated carbocycles. The smallest absolute Gasteiger partial charge is 0.274 e. The topological polar surface area (TPSA) is 63.1 Å². The standard InChI is InChI=1S/C20H19N5O/c1-24(2)17-12-10-16(11-13-17)7-6-14-21-20(26)19-15-22-25(23-19)18-8-4-3-5-9-18/h3-5,8-13,15H,14H2,1-2H3,(H,21,26). The van der Waals surface area contributed by atoms with E-state index in [1.54, 1.807) is 0 Å². The fourth-order valence-electron chi connectivity index (χ4n) is 2.26. The van der Waals surface area contributed by atoms with Crippen molar-refractivity contribution in [3.05, 3.63) is 72.1 Å². The van der Waals surface area contributed by atoms with Gasteiger partial charge in [-0.05, 0) is 36.4 Å². The lowest BCUT2D eigenvalue weighted by Gasteiger charge is -2.11. The molecule has 0 atom stereocenters. The number of hydrogen-bond donors (Lipinski definition) is 1. The van der Waals surface area contributed by atoms with Gasteiger partial charge in [0.1, 0.15) is 0 Å². The van der Waals surface area contributed by atoms with Crippen LogP contribution in [0.2, 0.25) is 0 Å². The summed E-state index contributed by atoms with van der Waals surface area (Å²) in [6, 6.07) is 17.3. The maximum atomic E-state index is 12.1. The highest BCUT2D eigenvalue weighted by Crippen LogP contribution is 2.11. The number of para-hydroxylation sites is 1. The van der Waals surface area contributed by atoms with Gasteiger partial charge in [0.05, 0.1) is 18.4 Å². The van der Waals surface area contributed by atoms with Gasteiger partial charge in [0.2, 0.25) is 0 Å². The number of benzene rings is 2. The molecule has 0 fully saturated rings. The van der Waals surface area contributed by atoms with E-state index in [9.17, 15) is 4.79 Å². The third-order valence-corrected chi connectivity index (χ3v) is 3.67. The fourth-order valence-corrected chi connectivity index (χ4v) is 2.26. The minimum atomic E-state index is -0.301. The zero-order valence-electron chi connectivity index (χ0n) is 14.7. The summed E-state index contributed by atoms with van der Waals surface area (Å²) in [5.74, 6) is 5.66. The predicted octanol–water partition coefficient (Wildman–Crippen LogP) is 2.11. The van der Waals surface area contributed by atoms with E-state index in [0.29, 0.717) is 0 Å². The molecular weight excluding hydrogens is 326 g/mol. The lowest BCUT2D eigenvalue weighted by atomic mass is 10.2. The second-order valence-electron chi connectivity index (χ2n) is 5.78. The molecule has 1 heterocycles. The third kappa shape index (κ3) is 4.28. The zero-order chi connectivity index (χ0) is 18.4. The monoisotopic (exact) mass is 345 g/mol. The van der Waals surface area contributed by atoms with E-state index in [2.05, 4.69) is 27.4 Å². The van der Waals surface area contributed by atoms with Crippen LogP contribution in [0, 0.1) is 11.8 Å². The number of hydrogen-bond acceptors (Lipinski definition) is 4. The summed E-state index contributed by atoms with van der Waals surface area (Å²) in [6.45, 7) is 0.243. The first kappa shape index (κ1) is 17.2. The first-order chi connectivity index (χ1) is 12.6. The molecule has 26 heavy (non-hydrogen) atoms. The Morgan fingerprint density at radius 1 is 1.12 bits per heavy atom. The lowest BCUT2D eigenvalue weighted by Crippen LogP contribution is -2.24. The average molecular weight is 345 g/mol. The van der Waals surface area contributed by atoms with Crippen molar-refractivity contribution in [2.24, 2.45) is 0 Å². The number of amides is 1. The van der Waals surface area contributed by atoms with Crippen LogP contribution in [0.15, 0.2) is 60.8 Å². The Balaban J connectivity index is 1.56. The second kappa shape index (κ2) is 7.99. The lowest BCUT2D eigenvalue weighted by molar-refractivity contribution is 0.0953. The van der Waals surface area contributed by atoms with E-state index in [1.807, 2.05) is 73.6 Å². The Morgan fingerprint density at radius 2 is 1.85 bits per heavy atom. The van der Waals surface area contributed by atoms with Crippen molar-refractivity contribution < 1.29 is 4.79 Å². The molecule has 0 radical (unpaired) electrons. The van der Waals surface area contributed by atoms with Gasteiger partial charge >= 0.3 is 0 Å². The zero-order valence-corrected chi connectivity index (χ0v) is 14.7. The number of rotatable bonds is 4. The molecule has 6 nitrogen and oxygen atoms in total. The number of aromatic nitrogens is 3. The molecule has 3 rings (SSSR count). The van der Waals surface area contributed by atoms with E-state index >= 15 is 0 Å². The van der Waals surface area contributed by atoms with Gasteiger partial charge < -0.3 is 10.2 Å². The number of nitrogens with one attached hydrogen (secondary N) is 1. The van der Waals surface area contributed by atoms with Gasteiger partial charge in [-0.15, -0.1) is 5.10 Å². The van der Waals surface area contributed by atoms with E-state index < -0.39 is 0 Å². The first-order valence-corrected chi connectivity index (χ1v) is 8.16. The van der Waals surface area contributed by atoms with Crippen LogP contribution < -0.4 is 10.2 Å². The highest BCUT2D eigenvalue weighted by molar-refractivity contribution is 5.92. The fraction of sp³-hybridized carbons (Fsp3) is 0.150. The summed E-state index contributed by atoms with van der Waals surface area (Å²) in [5, 5.41) is 11.0. The molecule has 1 N–H and O–H groups in total. The van der Waals surface area contributed by atoms with Gasteiger partial charge in [0.25, 0.3) is 5.91 Å². The summed E-state index contributed by atoms with van der Waals surface area (Å²) in [7, 11) is 3.98. The Kier molecular flexibility index (Phi) is 5.30. The van der Waals surface area contributed by atoms with Crippen LogP contribution in [-0.4, -0.2) is 41.5 Å². The molecule has 2 aromatic carbocycles. The van der Waals surface area contributed by atoms with Gasteiger partial charge in [0, 0.05) is 25.3 Å². The van der Waals surface area contributed by atoms with E-state index in [1.165, 1.54) is 11.0 Å². The van der Waals surface area contributed by atoms with Crippen molar-refractivity contribution in [3.8, 4) is 17.5 Å². The second-order valence-corrected chi connectivity index (χ2v) is 5.78. The van der Waals surface area contributed by atoms with Crippen LogP contribution >= 0.6 is 0 Å². The number of nitrogens with zero attached hydrogens (tertiary/aromatic N) is 4. The number of carbonyl (C=O) groups excluding carboxylic acids is 1.